The van der Waals surface area contributed by atoms with Gasteiger partial charge in [0.05, 0.1) is 18.3 Å². The maximum absolute atomic E-state index is 13.3. The van der Waals surface area contributed by atoms with Gasteiger partial charge in [0.15, 0.2) is 0 Å². The molecule has 0 fully saturated rings. The second-order valence-electron chi connectivity index (χ2n) is 3.52. The van der Waals surface area contributed by atoms with Crippen molar-refractivity contribution in [2.45, 2.75) is 6.92 Å². The van der Waals surface area contributed by atoms with Crippen LogP contribution >= 0.6 is 0 Å². The Hall–Kier alpha value is -2.42. The lowest BCUT2D eigenvalue weighted by molar-refractivity contribution is -0.128. The first-order valence-electron chi connectivity index (χ1n) is 5.21. The number of carbonyl (C=O) groups excluding carboxylic acids is 2. The zero-order valence-electron chi connectivity index (χ0n) is 9.81. The van der Waals surface area contributed by atoms with Gasteiger partial charge >= 0.3 is 0 Å². The molecule has 0 spiro atoms. The van der Waals surface area contributed by atoms with Gasteiger partial charge in [0.1, 0.15) is 12.4 Å². The van der Waals surface area contributed by atoms with E-state index >= 15 is 0 Å². The molecule has 0 bridgehead atoms. The Labute approximate surface area is 104 Å². The molecule has 0 aliphatic heterocycles. The van der Waals surface area contributed by atoms with Crippen LogP contribution in [0, 0.1) is 17.1 Å². The Balaban J connectivity index is 2.64. The predicted molar refractivity (Wildman–Crippen MR) is 61.7 cm³/mol. The summed E-state index contributed by atoms with van der Waals surface area (Å²) in [6.45, 7) is 1.02. The van der Waals surface area contributed by atoms with Crippen LogP contribution in [0.1, 0.15) is 17.3 Å². The molecule has 5 nitrogen and oxygen atoms in total. The van der Waals surface area contributed by atoms with Crippen LogP contribution in [0.2, 0.25) is 0 Å². The minimum Gasteiger partial charge on any atom is -0.334 e. The number of nitrogens with one attached hydrogen (secondary N) is 1. The van der Waals surface area contributed by atoms with E-state index in [1.54, 1.807) is 6.07 Å². The van der Waals surface area contributed by atoms with Gasteiger partial charge in [-0.05, 0) is 12.1 Å². The molecule has 2 amide bonds. The fourth-order valence-electron chi connectivity index (χ4n) is 1.27. The van der Waals surface area contributed by atoms with E-state index in [0.717, 1.165) is 4.90 Å². The van der Waals surface area contributed by atoms with Crippen molar-refractivity contribution < 1.29 is 14.0 Å². The van der Waals surface area contributed by atoms with Gasteiger partial charge in [0.25, 0.3) is 5.91 Å². The molecule has 1 aromatic rings. The van der Waals surface area contributed by atoms with E-state index in [-0.39, 0.29) is 24.7 Å². The number of hydrogen-bond acceptors (Lipinski definition) is 3. The third-order valence-electron chi connectivity index (χ3n) is 2.26. The Bertz CT molecular complexity index is 496. The Kier molecular flexibility index (Phi) is 4.81. The van der Waals surface area contributed by atoms with Crippen molar-refractivity contribution in [1.29, 1.82) is 5.26 Å². The highest BCUT2D eigenvalue weighted by atomic mass is 19.1. The van der Waals surface area contributed by atoms with Crippen molar-refractivity contribution in [1.82, 2.24) is 10.2 Å². The fraction of sp³-hybridized carbons (Fsp3) is 0.250. The highest BCUT2D eigenvalue weighted by Crippen LogP contribution is 2.05. The van der Waals surface area contributed by atoms with E-state index < -0.39 is 11.7 Å². The maximum Gasteiger partial charge on any atom is 0.255 e. The molecule has 0 atom stereocenters. The third kappa shape index (κ3) is 3.56. The summed E-state index contributed by atoms with van der Waals surface area (Å²) in [7, 11) is 0. The van der Waals surface area contributed by atoms with Crippen molar-refractivity contribution >= 4 is 11.8 Å². The summed E-state index contributed by atoms with van der Waals surface area (Å²) in [6.07, 6.45) is 0. The van der Waals surface area contributed by atoms with Gasteiger partial charge in [-0.15, -0.1) is 0 Å². The normalized spacial score (nSPS) is 9.39. The summed E-state index contributed by atoms with van der Waals surface area (Å²) < 4.78 is 13.3. The zero-order valence-corrected chi connectivity index (χ0v) is 9.81. The Morgan fingerprint density at radius 3 is 2.67 bits per heavy atom. The van der Waals surface area contributed by atoms with Crippen LogP contribution in [-0.4, -0.2) is 29.9 Å². The third-order valence-corrected chi connectivity index (χ3v) is 2.26. The van der Waals surface area contributed by atoms with Crippen LogP contribution in [0.5, 0.6) is 0 Å². The number of nitrogens with zero attached hydrogens (tertiary/aromatic N) is 2. The molecule has 18 heavy (non-hydrogen) atoms. The summed E-state index contributed by atoms with van der Waals surface area (Å²) >= 11 is 0. The second kappa shape index (κ2) is 6.35. The first-order valence-corrected chi connectivity index (χ1v) is 5.21. The quantitative estimate of drug-likeness (QED) is 0.636. The number of halogens is 1. The average Bonchev–Trinajstić information content (AvgIpc) is 2.34. The molecule has 0 radical (unpaired) electrons. The molecule has 0 aromatic heterocycles. The summed E-state index contributed by atoms with van der Waals surface area (Å²) in [4.78, 5) is 23.9. The van der Waals surface area contributed by atoms with Crippen LogP contribution in [0.15, 0.2) is 24.3 Å². The number of rotatable bonds is 4. The SMILES string of the molecule is CC(=O)N(CC#N)CNC(=O)c1ccccc1F. The van der Waals surface area contributed by atoms with E-state index in [2.05, 4.69) is 5.32 Å². The molecular weight excluding hydrogens is 237 g/mol. The molecule has 1 rings (SSSR count). The molecule has 1 aromatic carbocycles. The molecule has 6 heteroatoms. The van der Waals surface area contributed by atoms with E-state index in [4.69, 9.17) is 5.26 Å². The van der Waals surface area contributed by atoms with Gasteiger partial charge in [-0.25, -0.2) is 4.39 Å². The topological polar surface area (TPSA) is 73.2 Å². The fourth-order valence-corrected chi connectivity index (χ4v) is 1.27. The lowest BCUT2D eigenvalue weighted by atomic mass is 10.2. The Morgan fingerprint density at radius 2 is 2.11 bits per heavy atom. The maximum atomic E-state index is 13.3. The smallest absolute Gasteiger partial charge is 0.255 e. The average molecular weight is 249 g/mol. The number of benzene rings is 1. The van der Waals surface area contributed by atoms with E-state index in [0.29, 0.717) is 0 Å². The predicted octanol–water partition coefficient (Wildman–Crippen LogP) is 0.885. The number of hydrogen-bond donors (Lipinski definition) is 1. The van der Waals surface area contributed by atoms with Crippen LogP contribution in [0.4, 0.5) is 4.39 Å². The van der Waals surface area contributed by atoms with Crippen LogP contribution in [0.3, 0.4) is 0 Å². The minimum atomic E-state index is -0.635. The van der Waals surface area contributed by atoms with Gasteiger partial charge in [0.2, 0.25) is 5.91 Å². The first-order chi connectivity index (χ1) is 8.56. The molecular formula is C12H12FN3O2. The van der Waals surface area contributed by atoms with Gasteiger partial charge in [0, 0.05) is 6.92 Å². The molecule has 0 heterocycles. The number of carbonyl (C=O) groups is 2. The second-order valence-corrected chi connectivity index (χ2v) is 3.52. The monoisotopic (exact) mass is 249 g/mol. The van der Waals surface area contributed by atoms with Crippen molar-refractivity contribution in [3.63, 3.8) is 0 Å². The summed E-state index contributed by atoms with van der Waals surface area (Å²) in [5.41, 5.74) is -0.0991. The Morgan fingerprint density at radius 1 is 1.44 bits per heavy atom. The summed E-state index contributed by atoms with van der Waals surface area (Å²) in [5.74, 6) is -1.60. The van der Waals surface area contributed by atoms with E-state index in [1.807, 2.05) is 0 Å². The van der Waals surface area contributed by atoms with Crippen LogP contribution in [-0.2, 0) is 4.79 Å². The highest BCUT2D eigenvalue weighted by Gasteiger charge is 2.13. The van der Waals surface area contributed by atoms with E-state index in [1.165, 1.54) is 31.2 Å². The summed E-state index contributed by atoms with van der Waals surface area (Å²) in [5, 5.41) is 10.9. The lowest BCUT2D eigenvalue weighted by Crippen LogP contribution is -2.40. The van der Waals surface area contributed by atoms with Gasteiger partial charge in [-0.3, -0.25) is 9.59 Å². The van der Waals surface area contributed by atoms with Gasteiger partial charge in [-0.2, -0.15) is 5.26 Å². The molecule has 0 aliphatic rings. The van der Waals surface area contributed by atoms with Crippen molar-refractivity contribution in [2.75, 3.05) is 13.2 Å². The zero-order chi connectivity index (χ0) is 13.5. The minimum absolute atomic E-state index is 0.0991. The van der Waals surface area contributed by atoms with Crippen LogP contribution < -0.4 is 5.32 Å². The molecule has 0 unspecified atom stereocenters. The van der Waals surface area contributed by atoms with Crippen molar-refractivity contribution in [2.24, 2.45) is 0 Å². The molecule has 94 valence electrons. The van der Waals surface area contributed by atoms with E-state index in [9.17, 15) is 14.0 Å². The molecule has 0 aliphatic carbocycles. The highest BCUT2D eigenvalue weighted by molar-refractivity contribution is 5.94. The first kappa shape index (κ1) is 13.6. The summed E-state index contributed by atoms with van der Waals surface area (Å²) in [6, 6.07) is 7.33. The number of nitriles is 1. The number of amides is 2. The van der Waals surface area contributed by atoms with Crippen molar-refractivity contribution in [3.8, 4) is 6.07 Å². The largest absolute Gasteiger partial charge is 0.334 e. The van der Waals surface area contributed by atoms with Gasteiger partial charge < -0.3 is 10.2 Å². The molecule has 0 saturated heterocycles. The van der Waals surface area contributed by atoms with Crippen LogP contribution in [0.25, 0.3) is 0 Å². The molecule has 1 N–H and O–H groups in total. The molecule has 0 saturated carbocycles. The van der Waals surface area contributed by atoms with Crippen molar-refractivity contribution in [3.05, 3.63) is 35.6 Å². The standard InChI is InChI=1S/C12H12FN3O2/c1-9(17)16(7-6-14)8-15-12(18)10-4-2-3-5-11(10)13/h2-5H,7-8H2,1H3,(H,15,18). The lowest BCUT2D eigenvalue weighted by Gasteiger charge is -2.18. The van der Waals surface area contributed by atoms with Gasteiger partial charge in [-0.1, -0.05) is 12.1 Å².